The van der Waals surface area contributed by atoms with Crippen molar-refractivity contribution in [3.05, 3.63) is 54.6 Å². The Hall–Kier alpha value is -2.29. The Morgan fingerprint density at radius 1 is 0.905 bits per heavy atom. The molecule has 0 spiro atoms. The van der Waals surface area contributed by atoms with E-state index in [1.807, 2.05) is 54.6 Å². The summed E-state index contributed by atoms with van der Waals surface area (Å²) in [7, 11) is 0. The van der Waals surface area contributed by atoms with Crippen LogP contribution in [0.15, 0.2) is 54.6 Å². The molecule has 0 unspecified atom stereocenters. The highest BCUT2D eigenvalue weighted by atomic mass is 16.1. The average Bonchev–Trinajstić information content (AvgIpc) is 2.40. The summed E-state index contributed by atoms with van der Waals surface area (Å²) in [6.07, 6.45) is 0.493. The van der Waals surface area contributed by atoms with E-state index in [0.29, 0.717) is 6.42 Å². The quantitative estimate of drug-likeness (QED) is 0.845. The van der Waals surface area contributed by atoms with Crippen LogP contribution in [0.1, 0.15) is 27.2 Å². The van der Waals surface area contributed by atoms with E-state index in [-0.39, 0.29) is 11.3 Å². The maximum atomic E-state index is 12.1. The van der Waals surface area contributed by atoms with Crippen molar-refractivity contribution in [2.24, 2.45) is 5.41 Å². The molecule has 0 aromatic heterocycles. The SMILES string of the molecule is CC(C)(C)CC(=O)Nc1ccccc1Nc1ccccc1. The number of para-hydroxylation sites is 3. The molecule has 3 nitrogen and oxygen atoms in total. The van der Waals surface area contributed by atoms with E-state index in [1.54, 1.807) is 0 Å². The van der Waals surface area contributed by atoms with Crippen LogP contribution in [0, 0.1) is 5.41 Å². The van der Waals surface area contributed by atoms with E-state index in [0.717, 1.165) is 17.1 Å². The Kier molecular flexibility index (Phi) is 4.63. The minimum absolute atomic E-state index is 0.0219. The fourth-order valence-corrected chi connectivity index (χ4v) is 2.05. The molecule has 2 aromatic carbocycles. The van der Waals surface area contributed by atoms with Gasteiger partial charge in [0.1, 0.15) is 0 Å². The van der Waals surface area contributed by atoms with E-state index in [9.17, 15) is 4.79 Å². The number of nitrogens with one attached hydrogen (secondary N) is 2. The van der Waals surface area contributed by atoms with Gasteiger partial charge in [-0.05, 0) is 29.7 Å². The van der Waals surface area contributed by atoms with Crippen LogP contribution >= 0.6 is 0 Å². The van der Waals surface area contributed by atoms with Crippen molar-refractivity contribution < 1.29 is 4.79 Å². The number of hydrogen-bond donors (Lipinski definition) is 2. The highest BCUT2D eigenvalue weighted by molar-refractivity contribution is 5.95. The summed E-state index contributed by atoms with van der Waals surface area (Å²) in [5, 5.41) is 6.31. The number of anilines is 3. The molecule has 2 aromatic rings. The van der Waals surface area contributed by atoms with Gasteiger partial charge in [-0.15, -0.1) is 0 Å². The van der Waals surface area contributed by atoms with E-state index < -0.39 is 0 Å². The predicted molar refractivity (Wildman–Crippen MR) is 88.9 cm³/mol. The Morgan fingerprint density at radius 2 is 1.48 bits per heavy atom. The van der Waals surface area contributed by atoms with Gasteiger partial charge in [0.05, 0.1) is 11.4 Å². The van der Waals surface area contributed by atoms with Gasteiger partial charge in [-0.3, -0.25) is 4.79 Å². The Labute approximate surface area is 126 Å². The molecular formula is C18H22N2O. The van der Waals surface area contributed by atoms with Gasteiger partial charge in [0.2, 0.25) is 5.91 Å². The fraction of sp³-hybridized carbons (Fsp3) is 0.278. The second-order valence-corrected chi connectivity index (χ2v) is 6.32. The molecule has 1 amide bonds. The van der Waals surface area contributed by atoms with Crippen molar-refractivity contribution in [3.63, 3.8) is 0 Å². The standard InChI is InChI=1S/C18H22N2O/c1-18(2,3)13-17(21)20-16-12-8-7-11-15(16)19-14-9-5-4-6-10-14/h4-12,19H,13H2,1-3H3,(H,20,21). The molecule has 2 N–H and O–H groups in total. The summed E-state index contributed by atoms with van der Waals surface area (Å²) >= 11 is 0. The molecule has 0 saturated carbocycles. The fourth-order valence-electron chi connectivity index (χ4n) is 2.05. The third-order valence-corrected chi connectivity index (χ3v) is 2.94. The van der Waals surface area contributed by atoms with Gasteiger partial charge >= 0.3 is 0 Å². The van der Waals surface area contributed by atoms with Gasteiger partial charge in [0, 0.05) is 12.1 Å². The second-order valence-electron chi connectivity index (χ2n) is 6.32. The lowest BCUT2D eigenvalue weighted by atomic mass is 9.92. The third kappa shape index (κ3) is 4.95. The maximum absolute atomic E-state index is 12.1. The Morgan fingerprint density at radius 3 is 2.10 bits per heavy atom. The van der Waals surface area contributed by atoms with Crippen LogP contribution in [-0.2, 0) is 4.79 Å². The summed E-state index contributed by atoms with van der Waals surface area (Å²) in [5.41, 5.74) is 2.67. The van der Waals surface area contributed by atoms with Crippen molar-refractivity contribution in [3.8, 4) is 0 Å². The molecule has 2 rings (SSSR count). The molecule has 0 aliphatic carbocycles. The van der Waals surface area contributed by atoms with E-state index >= 15 is 0 Å². The zero-order valence-electron chi connectivity index (χ0n) is 12.8. The van der Waals surface area contributed by atoms with Gasteiger partial charge in [0.25, 0.3) is 0 Å². The molecule has 0 aliphatic rings. The monoisotopic (exact) mass is 282 g/mol. The first-order valence-corrected chi connectivity index (χ1v) is 7.15. The van der Waals surface area contributed by atoms with Crippen LogP contribution in [0.25, 0.3) is 0 Å². The lowest BCUT2D eigenvalue weighted by molar-refractivity contribution is -0.117. The first-order chi connectivity index (χ1) is 9.94. The third-order valence-electron chi connectivity index (χ3n) is 2.94. The topological polar surface area (TPSA) is 41.1 Å². The van der Waals surface area contributed by atoms with Crippen molar-refractivity contribution in [1.29, 1.82) is 0 Å². The van der Waals surface area contributed by atoms with Crippen molar-refractivity contribution in [1.82, 2.24) is 0 Å². The molecule has 110 valence electrons. The highest BCUT2D eigenvalue weighted by Gasteiger charge is 2.16. The largest absolute Gasteiger partial charge is 0.354 e. The van der Waals surface area contributed by atoms with Gasteiger partial charge in [-0.2, -0.15) is 0 Å². The first kappa shape index (κ1) is 15.1. The molecular weight excluding hydrogens is 260 g/mol. The Balaban J connectivity index is 2.12. The van der Waals surface area contributed by atoms with Gasteiger partial charge in [0.15, 0.2) is 0 Å². The van der Waals surface area contributed by atoms with Gasteiger partial charge in [-0.1, -0.05) is 51.1 Å². The minimum atomic E-state index is -0.0219. The van der Waals surface area contributed by atoms with Crippen LogP contribution in [-0.4, -0.2) is 5.91 Å². The molecule has 0 atom stereocenters. The highest BCUT2D eigenvalue weighted by Crippen LogP contribution is 2.26. The molecule has 0 fully saturated rings. The zero-order valence-corrected chi connectivity index (χ0v) is 12.8. The minimum Gasteiger partial charge on any atom is -0.354 e. The second kappa shape index (κ2) is 6.44. The zero-order chi connectivity index (χ0) is 15.3. The lowest BCUT2D eigenvalue weighted by Crippen LogP contribution is -2.20. The number of hydrogen-bond acceptors (Lipinski definition) is 2. The van der Waals surface area contributed by atoms with Crippen molar-refractivity contribution >= 4 is 23.0 Å². The summed E-state index contributed by atoms with van der Waals surface area (Å²) in [6, 6.07) is 17.6. The summed E-state index contributed by atoms with van der Waals surface area (Å²) < 4.78 is 0. The normalized spacial score (nSPS) is 11.0. The van der Waals surface area contributed by atoms with Gasteiger partial charge < -0.3 is 10.6 Å². The molecule has 0 bridgehead atoms. The van der Waals surface area contributed by atoms with E-state index in [2.05, 4.69) is 31.4 Å². The van der Waals surface area contributed by atoms with Crippen LogP contribution < -0.4 is 10.6 Å². The molecule has 21 heavy (non-hydrogen) atoms. The number of benzene rings is 2. The average molecular weight is 282 g/mol. The number of carbonyl (C=O) groups is 1. The number of amides is 1. The van der Waals surface area contributed by atoms with Crippen molar-refractivity contribution in [2.75, 3.05) is 10.6 Å². The predicted octanol–water partition coefficient (Wildman–Crippen LogP) is 4.80. The van der Waals surface area contributed by atoms with Crippen LogP contribution in [0.2, 0.25) is 0 Å². The summed E-state index contributed by atoms with van der Waals surface area (Å²) in [4.78, 5) is 12.1. The van der Waals surface area contributed by atoms with Crippen LogP contribution in [0.4, 0.5) is 17.1 Å². The maximum Gasteiger partial charge on any atom is 0.224 e. The molecule has 0 heterocycles. The van der Waals surface area contributed by atoms with Crippen LogP contribution in [0.3, 0.4) is 0 Å². The lowest BCUT2D eigenvalue weighted by Gasteiger charge is -2.18. The van der Waals surface area contributed by atoms with Crippen LogP contribution in [0.5, 0.6) is 0 Å². The molecule has 0 saturated heterocycles. The van der Waals surface area contributed by atoms with E-state index in [1.165, 1.54) is 0 Å². The van der Waals surface area contributed by atoms with E-state index in [4.69, 9.17) is 0 Å². The Bertz CT molecular complexity index is 600. The summed E-state index contributed by atoms with van der Waals surface area (Å²) in [6.45, 7) is 6.17. The number of carbonyl (C=O) groups excluding carboxylic acids is 1. The molecule has 0 radical (unpaired) electrons. The van der Waals surface area contributed by atoms with Crippen molar-refractivity contribution in [2.45, 2.75) is 27.2 Å². The first-order valence-electron chi connectivity index (χ1n) is 7.15. The number of rotatable bonds is 4. The van der Waals surface area contributed by atoms with Gasteiger partial charge in [-0.25, -0.2) is 0 Å². The molecule has 0 aliphatic heterocycles. The summed E-state index contributed by atoms with van der Waals surface area (Å²) in [5.74, 6) is 0.0322. The smallest absolute Gasteiger partial charge is 0.224 e. The molecule has 3 heteroatoms.